The molecular formula is C22H28O7. The summed E-state index contributed by atoms with van der Waals surface area (Å²) in [6.07, 6.45) is 2.18. The highest BCUT2D eigenvalue weighted by molar-refractivity contribution is 5.98. The van der Waals surface area contributed by atoms with Gasteiger partial charge in [-0.05, 0) is 32.8 Å². The summed E-state index contributed by atoms with van der Waals surface area (Å²) in [4.78, 5) is 50.1. The maximum absolute atomic E-state index is 13.0. The number of hydrogen-bond donors (Lipinski definition) is 0. The molecule has 0 aromatic carbocycles. The minimum atomic E-state index is -1.08. The fraction of sp³-hybridized carbons (Fsp3) is 0.636. The molecule has 3 aliphatic rings. The van der Waals surface area contributed by atoms with Gasteiger partial charge >= 0.3 is 17.9 Å². The van der Waals surface area contributed by atoms with E-state index in [1.165, 1.54) is 19.1 Å². The zero-order chi connectivity index (χ0) is 21.7. The maximum Gasteiger partial charge on any atom is 0.330 e. The first-order valence-corrected chi connectivity index (χ1v) is 9.94. The van der Waals surface area contributed by atoms with Crippen LogP contribution in [0.1, 0.15) is 41.5 Å². The second kappa shape index (κ2) is 7.43. The highest BCUT2D eigenvalue weighted by Gasteiger charge is 2.66. The Kier molecular flexibility index (Phi) is 5.45. The molecule has 0 N–H and O–H groups in total. The Balaban J connectivity index is 2.17. The van der Waals surface area contributed by atoms with Gasteiger partial charge in [0, 0.05) is 18.9 Å². The lowest BCUT2D eigenvalue weighted by Gasteiger charge is -2.44. The Bertz CT molecular complexity index is 806. The van der Waals surface area contributed by atoms with Crippen molar-refractivity contribution in [2.75, 3.05) is 0 Å². The van der Waals surface area contributed by atoms with E-state index in [4.69, 9.17) is 14.2 Å². The third-order valence-corrected chi connectivity index (χ3v) is 6.56. The molecule has 0 spiro atoms. The minimum Gasteiger partial charge on any atom is -0.458 e. The van der Waals surface area contributed by atoms with E-state index in [0.717, 1.165) is 5.57 Å². The van der Waals surface area contributed by atoms with Crippen LogP contribution in [0.2, 0.25) is 0 Å². The normalized spacial score (nSPS) is 40.4. The van der Waals surface area contributed by atoms with Crippen LogP contribution in [0.4, 0.5) is 0 Å². The van der Waals surface area contributed by atoms with Crippen molar-refractivity contribution in [1.82, 2.24) is 0 Å². The molecule has 1 aliphatic heterocycles. The second-order valence-electron chi connectivity index (χ2n) is 8.81. The molecule has 1 saturated carbocycles. The predicted molar refractivity (Wildman–Crippen MR) is 102 cm³/mol. The number of esters is 3. The number of allylic oxidation sites excluding steroid dienone is 3. The average molecular weight is 404 g/mol. The maximum atomic E-state index is 13.0. The summed E-state index contributed by atoms with van der Waals surface area (Å²) in [6, 6.07) is 0. The van der Waals surface area contributed by atoms with Crippen LogP contribution >= 0.6 is 0 Å². The minimum absolute atomic E-state index is 0.168. The molecule has 8 atom stereocenters. The number of hydrogen-bond acceptors (Lipinski definition) is 7. The van der Waals surface area contributed by atoms with E-state index < -0.39 is 53.5 Å². The largest absolute Gasteiger partial charge is 0.458 e. The van der Waals surface area contributed by atoms with E-state index in [1.807, 2.05) is 6.92 Å². The van der Waals surface area contributed by atoms with Gasteiger partial charge in [0.05, 0.1) is 17.3 Å². The zero-order valence-electron chi connectivity index (χ0n) is 17.6. The first kappa shape index (κ1) is 21.3. The van der Waals surface area contributed by atoms with Crippen LogP contribution in [0.15, 0.2) is 23.8 Å². The summed E-state index contributed by atoms with van der Waals surface area (Å²) in [6.45, 7) is 10.1. The van der Waals surface area contributed by atoms with Gasteiger partial charge in [0.25, 0.3) is 0 Å². The summed E-state index contributed by atoms with van der Waals surface area (Å²) in [5, 5.41) is 0. The van der Waals surface area contributed by atoms with Crippen molar-refractivity contribution in [3.05, 3.63) is 23.8 Å². The Labute approximate surface area is 170 Å². The molecule has 0 aromatic rings. The van der Waals surface area contributed by atoms with Crippen LogP contribution in [0.3, 0.4) is 0 Å². The van der Waals surface area contributed by atoms with Crippen molar-refractivity contribution in [2.24, 2.45) is 29.1 Å². The molecule has 1 saturated heterocycles. The molecule has 2 fully saturated rings. The molecule has 2 aliphatic carbocycles. The lowest BCUT2D eigenvalue weighted by molar-refractivity contribution is -0.207. The van der Waals surface area contributed by atoms with Gasteiger partial charge in [-0.15, -0.1) is 0 Å². The molecular weight excluding hydrogens is 376 g/mol. The van der Waals surface area contributed by atoms with E-state index in [-0.39, 0.29) is 17.6 Å². The number of carbonyl (C=O) groups excluding carboxylic acids is 4. The van der Waals surface area contributed by atoms with Crippen molar-refractivity contribution in [3.63, 3.8) is 0 Å². The molecule has 29 heavy (non-hydrogen) atoms. The molecule has 0 amide bonds. The summed E-state index contributed by atoms with van der Waals surface area (Å²) >= 11 is 0. The topological polar surface area (TPSA) is 96.0 Å². The first-order valence-electron chi connectivity index (χ1n) is 9.94. The van der Waals surface area contributed by atoms with E-state index >= 15 is 0 Å². The molecule has 7 nitrogen and oxygen atoms in total. The lowest BCUT2D eigenvalue weighted by atomic mass is 9.66. The molecule has 7 heteroatoms. The van der Waals surface area contributed by atoms with Gasteiger partial charge in [-0.2, -0.15) is 0 Å². The number of rotatable bonds is 3. The summed E-state index contributed by atoms with van der Waals surface area (Å²) in [5.41, 5.74) is -0.329. The van der Waals surface area contributed by atoms with Gasteiger partial charge in [0.1, 0.15) is 18.3 Å². The highest BCUT2D eigenvalue weighted by atomic mass is 16.6. The van der Waals surface area contributed by atoms with E-state index in [0.29, 0.717) is 0 Å². The monoisotopic (exact) mass is 404 g/mol. The third kappa shape index (κ3) is 3.40. The van der Waals surface area contributed by atoms with Gasteiger partial charge < -0.3 is 14.2 Å². The second-order valence-corrected chi connectivity index (χ2v) is 8.81. The summed E-state index contributed by atoms with van der Waals surface area (Å²) in [5.74, 6) is -3.76. The van der Waals surface area contributed by atoms with Crippen LogP contribution in [0, 0.1) is 29.1 Å². The Hall–Kier alpha value is -2.44. The summed E-state index contributed by atoms with van der Waals surface area (Å²) < 4.78 is 17.1. The molecule has 0 radical (unpaired) electrons. The van der Waals surface area contributed by atoms with Crippen molar-refractivity contribution in [3.8, 4) is 0 Å². The van der Waals surface area contributed by atoms with Crippen molar-refractivity contribution >= 4 is 23.7 Å². The van der Waals surface area contributed by atoms with Gasteiger partial charge in [-0.25, -0.2) is 4.79 Å². The van der Waals surface area contributed by atoms with Crippen LogP contribution < -0.4 is 0 Å². The highest BCUT2D eigenvalue weighted by Crippen LogP contribution is 2.55. The molecule has 3 rings (SSSR count). The molecule has 1 heterocycles. The van der Waals surface area contributed by atoms with Gasteiger partial charge in [-0.1, -0.05) is 25.5 Å². The Morgan fingerprint density at radius 1 is 1.14 bits per heavy atom. The number of carbonyl (C=O) groups is 4. The smallest absolute Gasteiger partial charge is 0.330 e. The summed E-state index contributed by atoms with van der Waals surface area (Å²) in [7, 11) is 0. The fourth-order valence-corrected chi connectivity index (χ4v) is 5.13. The Morgan fingerprint density at radius 2 is 1.79 bits per heavy atom. The van der Waals surface area contributed by atoms with Crippen molar-refractivity contribution in [2.45, 2.75) is 59.9 Å². The van der Waals surface area contributed by atoms with Crippen molar-refractivity contribution < 1.29 is 33.4 Å². The number of ketones is 1. The predicted octanol–water partition coefficient (Wildman–Crippen LogP) is 2.38. The van der Waals surface area contributed by atoms with Crippen LogP contribution in [-0.2, 0) is 33.4 Å². The van der Waals surface area contributed by atoms with E-state index in [9.17, 15) is 19.2 Å². The van der Waals surface area contributed by atoms with Crippen LogP contribution in [-0.4, -0.2) is 42.0 Å². The molecule has 0 aromatic heterocycles. The molecule has 8 unspecified atom stereocenters. The fourth-order valence-electron chi connectivity index (χ4n) is 5.13. The first-order chi connectivity index (χ1) is 13.5. The van der Waals surface area contributed by atoms with Crippen molar-refractivity contribution in [1.29, 1.82) is 0 Å². The van der Waals surface area contributed by atoms with Gasteiger partial charge in [0.15, 0.2) is 5.78 Å². The Morgan fingerprint density at radius 3 is 2.38 bits per heavy atom. The van der Waals surface area contributed by atoms with E-state index in [1.54, 1.807) is 33.8 Å². The SMILES string of the molecule is CC(=O)OC1C2OC(=O)C(C)C1C(OC(=O)C=C(C)C)C1(C)C(=O)C=CC1C2C. The third-order valence-electron chi connectivity index (χ3n) is 6.56. The molecule has 2 bridgehead atoms. The standard InChI is InChI=1S/C22H28O7/c1-10(2)9-16(25)28-20-17-12(4)21(26)29-18(19(17)27-13(5)23)11(3)14-7-8-15(24)22(14,20)6/h7-9,11-12,14,17-20H,1-6H3. The van der Waals surface area contributed by atoms with Crippen LogP contribution in [0.5, 0.6) is 0 Å². The molecule has 158 valence electrons. The van der Waals surface area contributed by atoms with Gasteiger partial charge in [0.2, 0.25) is 0 Å². The quantitative estimate of drug-likeness (QED) is 0.405. The average Bonchev–Trinajstić information content (AvgIpc) is 2.88. The zero-order valence-corrected chi connectivity index (χ0v) is 17.6. The number of fused-ring (bicyclic) bond motifs is 3. The van der Waals surface area contributed by atoms with Crippen LogP contribution in [0.25, 0.3) is 0 Å². The van der Waals surface area contributed by atoms with E-state index in [2.05, 4.69) is 0 Å². The van der Waals surface area contributed by atoms with Gasteiger partial charge in [-0.3, -0.25) is 14.4 Å². The lowest BCUT2D eigenvalue weighted by Crippen LogP contribution is -2.57. The number of ether oxygens (including phenoxy) is 3.